The molecule has 0 saturated heterocycles. The standard InChI is InChI=1S/C9H15N3O4/c1-2-12(5-3-4-10)9(16)11-7(6-13)8(14)15/h7,13H,2-3,5-6H2,1H3,(H,11,16)(H,14,15)/t7-/m0/s1. The maximum Gasteiger partial charge on any atom is 0.328 e. The van der Waals surface area contributed by atoms with E-state index in [1.807, 2.05) is 6.07 Å². The van der Waals surface area contributed by atoms with Crippen molar-refractivity contribution >= 4 is 12.0 Å². The van der Waals surface area contributed by atoms with Crippen LogP contribution in [0.3, 0.4) is 0 Å². The Balaban J connectivity index is 4.29. The minimum atomic E-state index is -1.32. The molecule has 0 aromatic carbocycles. The number of aliphatic hydroxyl groups excluding tert-OH is 1. The summed E-state index contributed by atoms with van der Waals surface area (Å²) in [5, 5.41) is 27.8. The molecule has 7 heteroatoms. The van der Waals surface area contributed by atoms with E-state index in [1.165, 1.54) is 4.90 Å². The molecule has 90 valence electrons. The van der Waals surface area contributed by atoms with Crippen molar-refractivity contribution in [2.24, 2.45) is 0 Å². The fraction of sp³-hybridized carbons (Fsp3) is 0.667. The molecule has 0 aliphatic carbocycles. The summed E-state index contributed by atoms with van der Waals surface area (Å²) in [5.74, 6) is -1.30. The fourth-order valence-electron chi connectivity index (χ4n) is 1.01. The van der Waals surface area contributed by atoms with E-state index in [4.69, 9.17) is 15.5 Å². The van der Waals surface area contributed by atoms with E-state index >= 15 is 0 Å². The Labute approximate surface area is 93.3 Å². The zero-order valence-corrected chi connectivity index (χ0v) is 9.01. The fourth-order valence-corrected chi connectivity index (χ4v) is 1.01. The van der Waals surface area contributed by atoms with Gasteiger partial charge in [0.2, 0.25) is 0 Å². The van der Waals surface area contributed by atoms with E-state index in [2.05, 4.69) is 5.32 Å². The number of rotatable bonds is 6. The van der Waals surface area contributed by atoms with E-state index in [-0.39, 0.29) is 13.0 Å². The van der Waals surface area contributed by atoms with Crippen LogP contribution in [0.4, 0.5) is 4.79 Å². The van der Waals surface area contributed by atoms with Crippen molar-refractivity contribution in [2.75, 3.05) is 19.7 Å². The monoisotopic (exact) mass is 229 g/mol. The molecular formula is C9H15N3O4. The summed E-state index contributed by atoms with van der Waals surface area (Å²) in [6.07, 6.45) is 0.179. The number of urea groups is 1. The summed E-state index contributed by atoms with van der Waals surface area (Å²) >= 11 is 0. The minimum Gasteiger partial charge on any atom is -0.480 e. The first kappa shape index (κ1) is 14.2. The van der Waals surface area contributed by atoms with E-state index < -0.39 is 24.6 Å². The first-order valence-corrected chi connectivity index (χ1v) is 4.82. The van der Waals surface area contributed by atoms with Crippen LogP contribution in [0.25, 0.3) is 0 Å². The summed E-state index contributed by atoms with van der Waals surface area (Å²) in [4.78, 5) is 23.3. The molecule has 16 heavy (non-hydrogen) atoms. The lowest BCUT2D eigenvalue weighted by Gasteiger charge is -2.22. The molecule has 0 unspecified atom stereocenters. The number of carboxylic acid groups (broad SMARTS) is 1. The van der Waals surface area contributed by atoms with Crippen molar-refractivity contribution in [1.82, 2.24) is 10.2 Å². The van der Waals surface area contributed by atoms with Gasteiger partial charge in [0.1, 0.15) is 0 Å². The first-order valence-electron chi connectivity index (χ1n) is 4.82. The average Bonchev–Trinajstić information content (AvgIpc) is 2.26. The van der Waals surface area contributed by atoms with Crippen molar-refractivity contribution in [2.45, 2.75) is 19.4 Å². The van der Waals surface area contributed by atoms with Crippen LogP contribution in [0.5, 0.6) is 0 Å². The van der Waals surface area contributed by atoms with Crippen LogP contribution in [0.2, 0.25) is 0 Å². The van der Waals surface area contributed by atoms with Gasteiger partial charge >= 0.3 is 12.0 Å². The molecule has 0 fully saturated rings. The molecule has 1 atom stereocenters. The van der Waals surface area contributed by atoms with Crippen LogP contribution in [0, 0.1) is 11.3 Å². The van der Waals surface area contributed by atoms with Gasteiger partial charge in [0.15, 0.2) is 6.04 Å². The number of carbonyl (C=O) groups is 2. The van der Waals surface area contributed by atoms with Crippen LogP contribution in [0.15, 0.2) is 0 Å². The Morgan fingerprint density at radius 3 is 2.56 bits per heavy atom. The molecule has 0 rings (SSSR count). The van der Waals surface area contributed by atoms with Gasteiger partial charge in [-0.25, -0.2) is 9.59 Å². The first-order chi connectivity index (χ1) is 7.56. The van der Waals surface area contributed by atoms with Crippen LogP contribution in [-0.4, -0.2) is 52.9 Å². The van der Waals surface area contributed by atoms with Gasteiger partial charge in [0, 0.05) is 13.1 Å². The predicted octanol–water partition coefficient (Wildman–Crippen LogP) is -0.623. The smallest absolute Gasteiger partial charge is 0.328 e. The Morgan fingerprint density at radius 2 is 2.19 bits per heavy atom. The van der Waals surface area contributed by atoms with E-state index in [0.717, 1.165) is 0 Å². The number of hydrogen-bond donors (Lipinski definition) is 3. The van der Waals surface area contributed by atoms with Crippen molar-refractivity contribution in [3.63, 3.8) is 0 Å². The largest absolute Gasteiger partial charge is 0.480 e. The van der Waals surface area contributed by atoms with Crippen molar-refractivity contribution in [1.29, 1.82) is 5.26 Å². The maximum absolute atomic E-state index is 11.5. The number of hydrogen-bond acceptors (Lipinski definition) is 4. The van der Waals surface area contributed by atoms with Gasteiger partial charge in [-0.05, 0) is 6.92 Å². The van der Waals surface area contributed by atoms with Crippen LogP contribution in [-0.2, 0) is 4.79 Å². The highest BCUT2D eigenvalue weighted by molar-refractivity contribution is 5.82. The summed E-state index contributed by atoms with van der Waals surface area (Å²) in [6.45, 7) is 1.64. The molecule has 0 aliphatic rings. The number of carbonyl (C=O) groups excluding carboxylic acids is 1. The van der Waals surface area contributed by atoms with Gasteiger partial charge in [-0.3, -0.25) is 0 Å². The summed E-state index contributed by atoms with van der Waals surface area (Å²) in [6, 6.07) is -0.0240. The van der Waals surface area contributed by atoms with E-state index in [9.17, 15) is 9.59 Å². The van der Waals surface area contributed by atoms with Gasteiger partial charge in [0.25, 0.3) is 0 Å². The highest BCUT2D eigenvalue weighted by Crippen LogP contribution is 1.94. The predicted molar refractivity (Wildman–Crippen MR) is 54.5 cm³/mol. The number of carboxylic acids is 1. The molecule has 0 aromatic rings. The lowest BCUT2D eigenvalue weighted by Crippen LogP contribution is -2.49. The minimum absolute atomic E-state index is 0.179. The third-order valence-electron chi connectivity index (χ3n) is 1.94. The molecular weight excluding hydrogens is 214 g/mol. The zero-order chi connectivity index (χ0) is 12.6. The second-order valence-corrected chi connectivity index (χ2v) is 3.01. The normalized spacial score (nSPS) is 11.3. The third kappa shape index (κ3) is 4.61. The number of aliphatic carboxylic acids is 1. The zero-order valence-electron chi connectivity index (χ0n) is 9.01. The Hall–Kier alpha value is -1.81. The van der Waals surface area contributed by atoms with E-state index in [0.29, 0.717) is 6.54 Å². The molecule has 0 spiro atoms. The average molecular weight is 229 g/mol. The SMILES string of the molecule is CCN(CCC#N)C(=O)N[C@@H](CO)C(=O)O. The van der Waals surface area contributed by atoms with Gasteiger partial charge in [-0.1, -0.05) is 0 Å². The summed E-state index contributed by atoms with van der Waals surface area (Å²) in [5.41, 5.74) is 0. The molecule has 3 N–H and O–H groups in total. The molecule has 0 aliphatic heterocycles. The van der Waals surface area contributed by atoms with Crippen LogP contribution >= 0.6 is 0 Å². The Morgan fingerprint density at radius 1 is 1.56 bits per heavy atom. The topological polar surface area (TPSA) is 114 Å². The van der Waals surface area contributed by atoms with Gasteiger partial charge in [-0.2, -0.15) is 5.26 Å². The second kappa shape index (κ2) is 7.48. The van der Waals surface area contributed by atoms with Crippen molar-refractivity contribution in [3.8, 4) is 6.07 Å². The quantitative estimate of drug-likeness (QED) is 0.561. The van der Waals surface area contributed by atoms with Crippen LogP contribution in [0.1, 0.15) is 13.3 Å². The number of nitriles is 1. The molecule has 0 saturated carbocycles. The maximum atomic E-state index is 11.5. The molecule has 0 bridgehead atoms. The number of amides is 2. The molecule has 0 radical (unpaired) electrons. The molecule has 0 heterocycles. The lowest BCUT2D eigenvalue weighted by molar-refractivity contribution is -0.140. The highest BCUT2D eigenvalue weighted by atomic mass is 16.4. The molecule has 2 amide bonds. The third-order valence-corrected chi connectivity index (χ3v) is 1.94. The number of nitrogens with zero attached hydrogens (tertiary/aromatic N) is 2. The number of nitrogens with one attached hydrogen (secondary N) is 1. The van der Waals surface area contributed by atoms with Gasteiger partial charge in [-0.15, -0.1) is 0 Å². The Kier molecular flexibility index (Phi) is 6.63. The summed E-state index contributed by atoms with van der Waals surface area (Å²) < 4.78 is 0. The highest BCUT2D eigenvalue weighted by Gasteiger charge is 2.21. The molecule has 7 nitrogen and oxygen atoms in total. The van der Waals surface area contributed by atoms with Crippen LogP contribution < -0.4 is 5.32 Å². The second-order valence-electron chi connectivity index (χ2n) is 3.01. The Bertz CT molecular complexity index is 287. The van der Waals surface area contributed by atoms with Crippen molar-refractivity contribution < 1.29 is 19.8 Å². The van der Waals surface area contributed by atoms with Gasteiger partial charge < -0.3 is 20.4 Å². The van der Waals surface area contributed by atoms with Crippen molar-refractivity contribution in [3.05, 3.63) is 0 Å². The number of aliphatic hydroxyl groups is 1. The lowest BCUT2D eigenvalue weighted by atomic mass is 10.3. The van der Waals surface area contributed by atoms with Gasteiger partial charge in [0.05, 0.1) is 19.1 Å². The molecule has 0 aromatic heterocycles. The van der Waals surface area contributed by atoms with E-state index in [1.54, 1.807) is 6.92 Å². The summed E-state index contributed by atoms with van der Waals surface area (Å²) in [7, 11) is 0.